The van der Waals surface area contributed by atoms with Crippen LogP contribution in [0.5, 0.6) is 0 Å². The zero-order valence-electron chi connectivity index (χ0n) is 10.8. The summed E-state index contributed by atoms with van der Waals surface area (Å²) < 4.78 is 0. The van der Waals surface area contributed by atoms with Crippen LogP contribution in [0.25, 0.3) is 0 Å². The Balaban J connectivity index is 2.63. The van der Waals surface area contributed by atoms with Gasteiger partial charge in [-0.3, -0.25) is 4.98 Å². The van der Waals surface area contributed by atoms with Gasteiger partial charge in [-0.25, -0.2) is 0 Å². The SMILES string of the molecule is CCCNc1ccncc1CNC(C)(C)C. The molecule has 0 saturated carbocycles. The van der Waals surface area contributed by atoms with Crippen LogP contribution in [-0.2, 0) is 6.54 Å². The van der Waals surface area contributed by atoms with Crippen LogP contribution in [-0.4, -0.2) is 17.1 Å². The molecule has 2 N–H and O–H groups in total. The molecular weight excluding hydrogens is 198 g/mol. The lowest BCUT2D eigenvalue weighted by molar-refractivity contribution is 0.424. The van der Waals surface area contributed by atoms with Crippen LogP contribution in [0, 0.1) is 0 Å². The second kappa shape index (κ2) is 5.85. The first-order chi connectivity index (χ1) is 7.53. The third kappa shape index (κ3) is 4.62. The fraction of sp³-hybridized carbons (Fsp3) is 0.615. The number of anilines is 1. The fourth-order valence-corrected chi connectivity index (χ4v) is 1.36. The number of nitrogens with one attached hydrogen (secondary N) is 2. The highest BCUT2D eigenvalue weighted by Gasteiger charge is 2.10. The highest BCUT2D eigenvalue weighted by molar-refractivity contribution is 5.49. The maximum atomic E-state index is 4.17. The molecule has 1 aromatic heterocycles. The Morgan fingerprint density at radius 3 is 2.69 bits per heavy atom. The van der Waals surface area contributed by atoms with Crippen molar-refractivity contribution < 1.29 is 0 Å². The third-order valence-corrected chi connectivity index (χ3v) is 2.28. The van der Waals surface area contributed by atoms with Crippen molar-refractivity contribution in [1.29, 1.82) is 0 Å². The molecule has 0 spiro atoms. The maximum absolute atomic E-state index is 4.17. The van der Waals surface area contributed by atoms with Crippen LogP contribution in [0.3, 0.4) is 0 Å². The smallest absolute Gasteiger partial charge is 0.0416 e. The molecule has 1 aromatic rings. The summed E-state index contributed by atoms with van der Waals surface area (Å²) in [4.78, 5) is 4.17. The third-order valence-electron chi connectivity index (χ3n) is 2.28. The van der Waals surface area contributed by atoms with Crippen molar-refractivity contribution in [3.8, 4) is 0 Å². The van der Waals surface area contributed by atoms with Crippen molar-refractivity contribution in [2.24, 2.45) is 0 Å². The molecule has 0 fully saturated rings. The highest BCUT2D eigenvalue weighted by atomic mass is 15.0. The van der Waals surface area contributed by atoms with Gasteiger partial charge in [-0.1, -0.05) is 6.92 Å². The minimum atomic E-state index is 0.137. The molecular formula is C13H23N3. The van der Waals surface area contributed by atoms with Gasteiger partial charge in [0.15, 0.2) is 0 Å². The second-order valence-corrected chi connectivity index (χ2v) is 5.06. The van der Waals surface area contributed by atoms with E-state index in [1.54, 1.807) is 0 Å². The molecule has 1 heterocycles. The van der Waals surface area contributed by atoms with E-state index in [0.717, 1.165) is 19.5 Å². The number of rotatable bonds is 5. The van der Waals surface area contributed by atoms with E-state index in [9.17, 15) is 0 Å². The summed E-state index contributed by atoms with van der Waals surface area (Å²) in [5, 5.41) is 6.89. The average molecular weight is 221 g/mol. The largest absolute Gasteiger partial charge is 0.385 e. The van der Waals surface area contributed by atoms with E-state index in [-0.39, 0.29) is 5.54 Å². The Kier molecular flexibility index (Phi) is 4.74. The van der Waals surface area contributed by atoms with E-state index in [1.807, 2.05) is 18.5 Å². The van der Waals surface area contributed by atoms with Gasteiger partial charge in [-0.05, 0) is 33.3 Å². The molecule has 0 unspecified atom stereocenters. The Morgan fingerprint density at radius 1 is 1.31 bits per heavy atom. The summed E-state index contributed by atoms with van der Waals surface area (Å²) >= 11 is 0. The van der Waals surface area contributed by atoms with Gasteiger partial charge in [0.2, 0.25) is 0 Å². The lowest BCUT2D eigenvalue weighted by Gasteiger charge is -2.21. The summed E-state index contributed by atoms with van der Waals surface area (Å²) in [6.45, 7) is 10.5. The fourth-order valence-electron chi connectivity index (χ4n) is 1.36. The van der Waals surface area contributed by atoms with Gasteiger partial charge in [0.05, 0.1) is 0 Å². The molecule has 0 aliphatic rings. The van der Waals surface area contributed by atoms with E-state index >= 15 is 0 Å². The Bertz CT molecular complexity index is 315. The molecule has 90 valence electrons. The van der Waals surface area contributed by atoms with Gasteiger partial charge in [-0.15, -0.1) is 0 Å². The van der Waals surface area contributed by atoms with E-state index in [4.69, 9.17) is 0 Å². The van der Waals surface area contributed by atoms with Crippen LogP contribution in [0.1, 0.15) is 39.7 Å². The van der Waals surface area contributed by atoms with Crippen LogP contribution in [0.2, 0.25) is 0 Å². The predicted molar refractivity (Wildman–Crippen MR) is 69.6 cm³/mol. The van der Waals surface area contributed by atoms with Crippen molar-refractivity contribution in [1.82, 2.24) is 10.3 Å². The first-order valence-corrected chi connectivity index (χ1v) is 5.94. The monoisotopic (exact) mass is 221 g/mol. The first kappa shape index (κ1) is 13.0. The molecule has 0 saturated heterocycles. The van der Waals surface area contributed by atoms with Gasteiger partial charge in [0.1, 0.15) is 0 Å². The number of hydrogen-bond acceptors (Lipinski definition) is 3. The number of hydrogen-bond donors (Lipinski definition) is 2. The van der Waals surface area contributed by atoms with Crippen molar-refractivity contribution in [3.05, 3.63) is 24.0 Å². The maximum Gasteiger partial charge on any atom is 0.0416 e. The molecule has 0 amide bonds. The minimum Gasteiger partial charge on any atom is -0.385 e. The quantitative estimate of drug-likeness (QED) is 0.803. The zero-order valence-corrected chi connectivity index (χ0v) is 10.8. The average Bonchev–Trinajstić information content (AvgIpc) is 2.23. The lowest BCUT2D eigenvalue weighted by Crippen LogP contribution is -2.35. The minimum absolute atomic E-state index is 0.137. The van der Waals surface area contributed by atoms with Gasteiger partial charge in [0, 0.05) is 42.3 Å². The topological polar surface area (TPSA) is 37.0 Å². The molecule has 0 aliphatic carbocycles. The highest BCUT2D eigenvalue weighted by Crippen LogP contribution is 2.14. The van der Waals surface area contributed by atoms with E-state index in [2.05, 4.69) is 43.3 Å². The summed E-state index contributed by atoms with van der Waals surface area (Å²) in [6.07, 6.45) is 4.89. The van der Waals surface area contributed by atoms with Crippen LogP contribution < -0.4 is 10.6 Å². The lowest BCUT2D eigenvalue weighted by atomic mass is 10.1. The number of aromatic nitrogens is 1. The van der Waals surface area contributed by atoms with Crippen LogP contribution in [0.4, 0.5) is 5.69 Å². The molecule has 0 radical (unpaired) electrons. The van der Waals surface area contributed by atoms with Crippen molar-refractivity contribution in [2.45, 2.75) is 46.2 Å². The second-order valence-electron chi connectivity index (χ2n) is 5.06. The first-order valence-electron chi connectivity index (χ1n) is 5.94. The van der Waals surface area contributed by atoms with Crippen molar-refractivity contribution in [3.63, 3.8) is 0 Å². The normalized spacial score (nSPS) is 11.5. The molecule has 16 heavy (non-hydrogen) atoms. The van der Waals surface area contributed by atoms with Gasteiger partial charge >= 0.3 is 0 Å². The molecule has 0 atom stereocenters. The standard InChI is InChI=1S/C13H23N3/c1-5-7-15-12-6-8-14-9-11(12)10-16-13(2,3)4/h6,8-9,16H,5,7,10H2,1-4H3,(H,14,15). The molecule has 0 aromatic carbocycles. The summed E-state index contributed by atoms with van der Waals surface area (Å²) in [7, 11) is 0. The molecule has 3 heteroatoms. The Morgan fingerprint density at radius 2 is 2.06 bits per heavy atom. The molecule has 0 aliphatic heterocycles. The van der Waals surface area contributed by atoms with Gasteiger partial charge in [-0.2, -0.15) is 0 Å². The van der Waals surface area contributed by atoms with Gasteiger partial charge < -0.3 is 10.6 Å². The summed E-state index contributed by atoms with van der Waals surface area (Å²) in [5.41, 5.74) is 2.55. The Labute approximate surface area is 98.7 Å². The van der Waals surface area contributed by atoms with Crippen LogP contribution in [0.15, 0.2) is 18.5 Å². The van der Waals surface area contributed by atoms with Gasteiger partial charge in [0.25, 0.3) is 0 Å². The van der Waals surface area contributed by atoms with E-state index in [0.29, 0.717) is 0 Å². The van der Waals surface area contributed by atoms with Crippen LogP contribution >= 0.6 is 0 Å². The summed E-state index contributed by atoms with van der Waals surface area (Å²) in [6, 6.07) is 2.04. The zero-order chi connectivity index (χ0) is 12.0. The Hall–Kier alpha value is -1.09. The number of pyridine rings is 1. The molecule has 3 nitrogen and oxygen atoms in total. The van der Waals surface area contributed by atoms with E-state index < -0.39 is 0 Å². The molecule has 1 rings (SSSR count). The summed E-state index contributed by atoms with van der Waals surface area (Å²) in [5.74, 6) is 0. The van der Waals surface area contributed by atoms with E-state index in [1.165, 1.54) is 11.3 Å². The molecule has 0 bridgehead atoms. The van der Waals surface area contributed by atoms with Crippen molar-refractivity contribution >= 4 is 5.69 Å². The number of nitrogens with zero attached hydrogens (tertiary/aromatic N) is 1. The van der Waals surface area contributed by atoms with Crippen molar-refractivity contribution in [2.75, 3.05) is 11.9 Å². The predicted octanol–water partition coefficient (Wildman–Crippen LogP) is 2.79.